The average molecular weight is 324 g/mol. The van der Waals surface area contributed by atoms with Crippen molar-refractivity contribution in [3.05, 3.63) is 35.4 Å². The monoisotopic (exact) mass is 323 g/mol. The highest BCUT2D eigenvalue weighted by molar-refractivity contribution is 9.09. The quantitative estimate of drug-likeness (QED) is 0.618. The number of hydrogen-bond acceptors (Lipinski definition) is 1. The Morgan fingerprint density at radius 3 is 2.95 bits per heavy atom. The topological polar surface area (TPSA) is 29.1 Å². The van der Waals surface area contributed by atoms with Gasteiger partial charge in [0, 0.05) is 11.8 Å². The van der Waals surface area contributed by atoms with Gasteiger partial charge < -0.3 is 5.32 Å². The van der Waals surface area contributed by atoms with Gasteiger partial charge in [0.05, 0.1) is 6.04 Å². The summed E-state index contributed by atoms with van der Waals surface area (Å²) in [6.07, 6.45) is 7.32. The normalized spacial score (nSPS) is 17.8. The second-order valence-corrected chi connectivity index (χ2v) is 6.00. The van der Waals surface area contributed by atoms with Crippen LogP contribution in [0.15, 0.2) is 24.3 Å². The van der Waals surface area contributed by atoms with Gasteiger partial charge in [-0.15, -0.1) is 0 Å². The number of unbranched alkanes of at least 4 members (excludes halogenated alkanes) is 2. The highest BCUT2D eigenvalue weighted by Gasteiger charge is 2.20. The van der Waals surface area contributed by atoms with Gasteiger partial charge in [-0.2, -0.15) is 0 Å². The van der Waals surface area contributed by atoms with Gasteiger partial charge in [0.1, 0.15) is 0 Å². The summed E-state index contributed by atoms with van der Waals surface area (Å²) < 4.78 is 0. The Balaban J connectivity index is 1.85. The van der Waals surface area contributed by atoms with Crippen molar-refractivity contribution in [1.82, 2.24) is 5.32 Å². The number of benzene rings is 1. The fraction of sp³-hybridized carbons (Fsp3) is 0.562. The molecule has 1 aromatic rings. The molecule has 1 N–H and O–H groups in total. The van der Waals surface area contributed by atoms with E-state index in [1.165, 1.54) is 17.5 Å². The summed E-state index contributed by atoms with van der Waals surface area (Å²) >= 11 is 3.41. The van der Waals surface area contributed by atoms with E-state index in [4.69, 9.17) is 0 Å². The average Bonchev–Trinajstić information content (AvgIpc) is 2.44. The Morgan fingerprint density at radius 1 is 1.26 bits per heavy atom. The SMILES string of the molecule is O=C(CCCCCBr)NC1CCCc2ccccc21. The fourth-order valence-corrected chi connectivity index (χ4v) is 3.12. The number of alkyl halides is 1. The maximum atomic E-state index is 12.0. The van der Waals surface area contributed by atoms with E-state index < -0.39 is 0 Å². The van der Waals surface area contributed by atoms with Gasteiger partial charge in [0.2, 0.25) is 5.91 Å². The van der Waals surface area contributed by atoms with Crippen LogP contribution in [-0.4, -0.2) is 11.2 Å². The molecular formula is C16H22BrNO. The van der Waals surface area contributed by atoms with E-state index in [2.05, 4.69) is 45.5 Å². The van der Waals surface area contributed by atoms with Crippen LogP contribution in [0.3, 0.4) is 0 Å². The molecule has 2 nitrogen and oxygen atoms in total. The molecular weight excluding hydrogens is 302 g/mol. The molecule has 1 aromatic carbocycles. The van der Waals surface area contributed by atoms with Gasteiger partial charge in [-0.1, -0.05) is 46.6 Å². The first-order valence-corrected chi connectivity index (χ1v) is 8.36. The third-order valence-electron chi connectivity index (χ3n) is 3.74. The standard InChI is InChI=1S/C16H22BrNO/c17-12-5-1-2-11-16(19)18-15-10-6-8-13-7-3-4-9-14(13)15/h3-4,7,9,15H,1-2,5-6,8,10-12H2,(H,18,19). The Bertz CT molecular complexity index is 419. The van der Waals surface area contributed by atoms with Crippen LogP contribution in [0.2, 0.25) is 0 Å². The van der Waals surface area contributed by atoms with Crippen molar-refractivity contribution in [3.63, 3.8) is 0 Å². The molecule has 0 saturated carbocycles. The maximum Gasteiger partial charge on any atom is 0.220 e. The zero-order chi connectivity index (χ0) is 13.5. The molecule has 19 heavy (non-hydrogen) atoms. The van der Waals surface area contributed by atoms with Gasteiger partial charge in [-0.05, 0) is 43.2 Å². The smallest absolute Gasteiger partial charge is 0.220 e. The maximum absolute atomic E-state index is 12.0. The molecule has 1 unspecified atom stereocenters. The van der Waals surface area contributed by atoms with Gasteiger partial charge in [-0.3, -0.25) is 4.79 Å². The molecule has 0 spiro atoms. The molecule has 0 heterocycles. The number of hydrogen-bond donors (Lipinski definition) is 1. The van der Waals surface area contributed by atoms with Crippen molar-refractivity contribution in [1.29, 1.82) is 0 Å². The van der Waals surface area contributed by atoms with Gasteiger partial charge in [-0.25, -0.2) is 0 Å². The first kappa shape index (κ1) is 14.6. The van der Waals surface area contributed by atoms with Crippen LogP contribution >= 0.6 is 15.9 Å². The summed E-state index contributed by atoms with van der Waals surface area (Å²) in [5.41, 5.74) is 2.72. The predicted molar refractivity (Wildman–Crippen MR) is 82.5 cm³/mol. The van der Waals surface area contributed by atoms with Crippen molar-refractivity contribution >= 4 is 21.8 Å². The lowest BCUT2D eigenvalue weighted by atomic mass is 9.87. The molecule has 0 aromatic heterocycles. The minimum absolute atomic E-state index is 0.205. The molecule has 0 bridgehead atoms. The zero-order valence-electron chi connectivity index (χ0n) is 11.3. The molecule has 0 radical (unpaired) electrons. The van der Waals surface area contributed by atoms with E-state index in [1.54, 1.807) is 0 Å². The minimum atomic E-state index is 0.205. The summed E-state index contributed by atoms with van der Waals surface area (Å²) in [5, 5.41) is 4.23. The number of carbonyl (C=O) groups excluding carboxylic acids is 1. The first-order chi connectivity index (χ1) is 9.31. The van der Waals surface area contributed by atoms with Crippen LogP contribution in [0, 0.1) is 0 Å². The lowest BCUT2D eigenvalue weighted by molar-refractivity contribution is -0.122. The van der Waals surface area contributed by atoms with Crippen LogP contribution in [0.4, 0.5) is 0 Å². The predicted octanol–water partition coefficient (Wildman–Crippen LogP) is 4.14. The Kier molecular flexibility index (Phi) is 5.90. The lowest BCUT2D eigenvalue weighted by Gasteiger charge is -2.26. The van der Waals surface area contributed by atoms with Crippen molar-refractivity contribution < 1.29 is 4.79 Å². The third-order valence-corrected chi connectivity index (χ3v) is 4.30. The first-order valence-electron chi connectivity index (χ1n) is 7.24. The highest BCUT2D eigenvalue weighted by atomic mass is 79.9. The number of halogens is 1. The van der Waals surface area contributed by atoms with E-state index >= 15 is 0 Å². The number of fused-ring (bicyclic) bond motifs is 1. The molecule has 104 valence electrons. The van der Waals surface area contributed by atoms with Gasteiger partial charge in [0.25, 0.3) is 0 Å². The molecule has 1 aliphatic rings. The minimum Gasteiger partial charge on any atom is -0.349 e. The Labute approximate surface area is 124 Å². The van der Waals surface area contributed by atoms with Crippen LogP contribution in [0.1, 0.15) is 55.7 Å². The largest absolute Gasteiger partial charge is 0.349 e. The summed E-state index contributed by atoms with van der Waals surface area (Å²) in [4.78, 5) is 12.0. The summed E-state index contributed by atoms with van der Waals surface area (Å²) in [5.74, 6) is 0.205. The van der Waals surface area contributed by atoms with E-state index in [-0.39, 0.29) is 11.9 Å². The fourth-order valence-electron chi connectivity index (χ4n) is 2.73. The summed E-state index contributed by atoms with van der Waals surface area (Å²) in [6, 6.07) is 8.73. The Morgan fingerprint density at radius 2 is 2.11 bits per heavy atom. The van der Waals surface area contributed by atoms with E-state index in [9.17, 15) is 4.79 Å². The summed E-state index contributed by atoms with van der Waals surface area (Å²) in [7, 11) is 0. The molecule has 1 atom stereocenters. The molecule has 1 aliphatic carbocycles. The number of rotatable bonds is 6. The van der Waals surface area contributed by atoms with Crippen molar-refractivity contribution in [2.45, 2.75) is 51.0 Å². The second-order valence-electron chi connectivity index (χ2n) is 5.21. The van der Waals surface area contributed by atoms with Crippen molar-refractivity contribution in [3.8, 4) is 0 Å². The van der Waals surface area contributed by atoms with Gasteiger partial charge in [0.15, 0.2) is 0 Å². The van der Waals surface area contributed by atoms with E-state index in [0.717, 1.165) is 37.4 Å². The lowest BCUT2D eigenvalue weighted by Crippen LogP contribution is -2.30. The molecule has 0 fully saturated rings. The number of aryl methyl sites for hydroxylation is 1. The molecule has 0 saturated heterocycles. The molecule has 0 aliphatic heterocycles. The number of carbonyl (C=O) groups is 1. The third kappa shape index (κ3) is 4.34. The number of amides is 1. The van der Waals surface area contributed by atoms with Crippen molar-refractivity contribution in [2.24, 2.45) is 0 Å². The molecule has 1 amide bonds. The highest BCUT2D eigenvalue weighted by Crippen LogP contribution is 2.29. The van der Waals surface area contributed by atoms with E-state index in [1.807, 2.05) is 0 Å². The second kappa shape index (κ2) is 7.68. The van der Waals surface area contributed by atoms with E-state index in [0.29, 0.717) is 6.42 Å². The molecule has 2 rings (SSSR count). The van der Waals surface area contributed by atoms with Crippen LogP contribution in [-0.2, 0) is 11.2 Å². The molecule has 3 heteroatoms. The van der Waals surface area contributed by atoms with Crippen LogP contribution in [0.25, 0.3) is 0 Å². The van der Waals surface area contributed by atoms with Crippen LogP contribution < -0.4 is 5.32 Å². The Hall–Kier alpha value is -0.830. The summed E-state index contributed by atoms with van der Waals surface area (Å²) in [6.45, 7) is 0. The zero-order valence-corrected chi connectivity index (χ0v) is 12.9. The van der Waals surface area contributed by atoms with Gasteiger partial charge >= 0.3 is 0 Å². The van der Waals surface area contributed by atoms with Crippen molar-refractivity contribution in [2.75, 3.05) is 5.33 Å². The van der Waals surface area contributed by atoms with Crippen LogP contribution in [0.5, 0.6) is 0 Å². The number of nitrogens with one attached hydrogen (secondary N) is 1.